The van der Waals surface area contributed by atoms with Gasteiger partial charge in [-0.25, -0.2) is 5.26 Å². The molecule has 0 aromatic carbocycles. The average Bonchev–Trinajstić information content (AvgIpc) is 1.27. The number of hydrogen-bond donors (Lipinski definition) is 7. The molecule has 97 valence electrons. The second kappa shape index (κ2) is 38.4. The van der Waals surface area contributed by atoms with Crippen molar-refractivity contribution in [2.24, 2.45) is 0 Å². The maximum atomic E-state index is 8.74. The molecule has 0 aliphatic carbocycles. The van der Waals surface area contributed by atoms with E-state index in [0.29, 0.717) is 0 Å². The van der Waals surface area contributed by atoms with Crippen LogP contribution in [-0.2, 0) is 39.8 Å². The van der Waals surface area contributed by atoms with Crippen molar-refractivity contribution in [3.8, 4) is 5.40 Å². The molecular weight excluding hydrogens is 283 g/mol. The van der Waals surface area contributed by atoms with E-state index < -0.39 is 10.4 Å². The summed E-state index contributed by atoms with van der Waals surface area (Å²) in [6.45, 7) is 0. The molecule has 0 atom stereocenters. The van der Waals surface area contributed by atoms with Crippen LogP contribution in [0.15, 0.2) is 0 Å². The maximum Gasteiger partial charge on any atom is 0.394 e. The third kappa shape index (κ3) is 109000. The molecule has 0 aromatic rings. The van der Waals surface area contributed by atoms with Crippen molar-refractivity contribution in [3.05, 3.63) is 0 Å². The van der Waals surface area contributed by atoms with Crippen molar-refractivity contribution in [1.82, 2.24) is 30.8 Å². The predicted octanol–water partition coefficient (Wildman–Crippen LogP) is 0.169. The zero-order valence-corrected chi connectivity index (χ0v) is 10.0. The van der Waals surface area contributed by atoms with E-state index in [1.165, 1.54) is 5.40 Å². The average molecular weight is 300 g/mol. The number of hydrogen-bond acceptors (Lipinski definition) is 9. The predicted molar refractivity (Wildman–Crippen MR) is 52.3 cm³/mol. The summed E-state index contributed by atoms with van der Waals surface area (Å²) in [5, 5.41) is 8.47. The van der Waals surface area contributed by atoms with Gasteiger partial charge in [-0.15, -0.1) is 0 Å². The third-order valence-electron chi connectivity index (χ3n) is 0. The van der Waals surface area contributed by atoms with E-state index in [0.717, 1.165) is 0 Å². The van der Waals surface area contributed by atoms with Gasteiger partial charge in [0.1, 0.15) is 0 Å². The molecule has 0 rings (SSSR count). The molecule has 0 aliphatic rings. The van der Waals surface area contributed by atoms with Crippen LogP contribution < -0.4 is 30.8 Å². The number of nitrogens with zero attached hydrogens (tertiary/aromatic N) is 1. The van der Waals surface area contributed by atoms with Gasteiger partial charge >= 0.3 is 10.4 Å². The number of rotatable bonds is 0. The summed E-state index contributed by atoms with van der Waals surface area (Å²) < 4.78 is 31.6. The SMILES string of the molecule is N.N.N.N.N.N#C[S-].O=S(=O)(O)O.[Co]. The monoisotopic (exact) mass is 300 g/mol. The van der Waals surface area contributed by atoms with E-state index in [4.69, 9.17) is 22.8 Å². The summed E-state index contributed by atoms with van der Waals surface area (Å²) in [5.41, 5.74) is 0. The van der Waals surface area contributed by atoms with Crippen molar-refractivity contribution in [1.29, 1.82) is 5.26 Å². The molecule has 0 saturated heterocycles. The van der Waals surface area contributed by atoms with E-state index in [1.807, 2.05) is 0 Å². The zero-order valence-electron chi connectivity index (χ0n) is 7.34. The molecule has 10 nitrogen and oxygen atoms in total. The van der Waals surface area contributed by atoms with E-state index in [9.17, 15) is 0 Å². The van der Waals surface area contributed by atoms with Gasteiger partial charge in [-0.05, 0) is 0 Å². The largest absolute Gasteiger partial charge is 0.696 e. The molecule has 17 N–H and O–H groups in total. The molecule has 0 fully saturated rings. The molecule has 0 spiro atoms. The van der Waals surface area contributed by atoms with Crippen molar-refractivity contribution < 1.29 is 34.3 Å². The molecule has 13 heteroatoms. The van der Waals surface area contributed by atoms with Crippen LogP contribution in [0.1, 0.15) is 0 Å². The summed E-state index contributed by atoms with van der Waals surface area (Å²) in [6.07, 6.45) is 0. The first kappa shape index (κ1) is 66.6. The summed E-state index contributed by atoms with van der Waals surface area (Å²) in [7, 11) is -4.67. The molecule has 0 aliphatic heterocycles. The Morgan fingerprint density at radius 1 is 1.00 bits per heavy atom. The summed E-state index contributed by atoms with van der Waals surface area (Å²) >= 11 is 3.70. The van der Waals surface area contributed by atoms with Crippen molar-refractivity contribution >= 4 is 23.0 Å². The van der Waals surface area contributed by atoms with Gasteiger partial charge in [0, 0.05) is 16.8 Å². The molecule has 0 unspecified atom stereocenters. The molecule has 0 saturated carbocycles. The van der Waals surface area contributed by atoms with Gasteiger partial charge in [-0.1, -0.05) is 5.40 Å². The van der Waals surface area contributed by atoms with E-state index in [1.54, 1.807) is 0 Å². The first-order valence-electron chi connectivity index (χ1n) is 1.13. The fraction of sp³-hybridized carbons (Fsp3) is 0. The van der Waals surface area contributed by atoms with Crippen LogP contribution in [0, 0.1) is 10.7 Å². The fourth-order valence-corrected chi connectivity index (χ4v) is 0. The minimum Gasteiger partial charge on any atom is -0.696 e. The minimum atomic E-state index is -4.67. The van der Waals surface area contributed by atoms with Gasteiger partial charge in [0.2, 0.25) is 0 Å². The zero-order chi connectivity index (χ0) is 7.21. The molecule has 0 amide bonds. The van der Waals surface area contributed by atoms with Gasteiger partial charge in [0.05, 0.1) is 0 Å². The van der Waals surface area contributed by atoms with Crippen LogP contribution in [0.3, 0.4) is 0 Å². The molecule has 1 radical (unpaired) electrons. The van der Waals surface area contributed by atoms with Crippen LogP contribution >= 0.6 is 0 Å². The Labute approximate surface area is 98.9 Å². The Hall–Kier alpha value is -0.114. The Balaban J connectivity index is -0.00000000626. The Bertz CT molecular complexity index is 169. The molecule has 14 heavy (non-hydrogen) atoms. The van der Waals surface area contributed by atoms with Crippen LogP contribution in [-0.4, -0.2) is 17.5 Å². The van der Waals surface area contributed by atoms with Gasteiger partial charge < -0.3 is 43.4 Å². The van der Waals surface area contributed by atoms with E-state index >= 15 is 0 Å². The van der Waals surface area contributed by atoms with Gasteiger partial charge in [-0.2, -0.15) is 8.42 Å². The fourth-order valence-electron chi connectivity index (χ4n) is 0. The molecule has 0 aromatic heterocycles. The second-order valence-corrected chi connectivity index (χ2v) is 1.62. The van der Waals surface area contributed by atoms with Crippen LogP contribution in [0.2, 0.25) is 0 Å². The first-order valence-corrected chi connectivity index (χ1v) is 2.93. The van der Waals surface area contributed by atoms with E-state index in [2.05, 4.69) is 12.6 Å². The standard InChI is InChI=1S/CHNS.Co.5H3N.H2O4S/c2-1-3;;;;;;;1-5(2,3)4/h3H;;5*1H3;(H2,1,2,3,4)/p-1. The maximum absolute atomic E-state index is 8.74. The first-order chi connectivity index (χ1) is 3.41. The quantitative estimate of drug-likeness (QED) is 0.179. The Kier molecular flexibility index (Phi) is 183. The van der Waals surface area contributed by atoms with Crippen LogP contribution in [0.4, 0.5) is 0 Å². The topological polar surface area (TPSA) is 273 Å². The van der Waals surface area contributed by atoms with E-state index in [-0.39, 0.29) is 47.5 Å². The van der Waals surface area contributed by atoms with Crippen molar-refractivity contribution in [2.75, 3.05) is 0 Å². The third-order valence-corrected chi connectivity index (χ3v) is 0. The Morgan fingerprint density at radius 2 is 1.00 bits per heavy atom. The summed E-state index contributed by atoms with van der Waals surface area (Å²) in [6, 6.07) is 0. The summed E-state index contributed by atoms with van der Waals surface area (Å²) in [4.78, 5) is 0. The van der Waals surface area contributed by atoms with Gasteiger partial charge in [0.15, 0.2) is 0 Å². The van der Waals surface area contributed by atoms with Gasteiger partial charge in [-0.3, -0.25) is 9.11 Å². The number of nitriles is 1. The smallest absolute Gasteiger partial charge is 0.394 e. The molecule has 0 bridgehead atoms. The van der Waals surface area contributed by atoms with Crippen LogP contribution in [0.25, 0.3) is 0 Å². The normalized spacial score (nSPS) is 4.64. The van der Waals surface area contributed by atoms with Crippen molar-refractivity contribution in [3.63, 3.8) is 0 Å². The van der Waals surface area contributed by atoms with Crippen LogP contribution in [0.5, 0.6) is 0 Å². The Morgan fingerprint density at radius 3 is 1.00 bits per heavy atom. The summed E-state index contributed by atoms with van der Waals surface area (Å²) in [5.74, 6) is 0. The molecule has 0 heterocycles. The minimum absolute atomic E-state index is 0. The molecular formula is CH17CoN6O4S2-. The number of thiocyanates is 1. The van der Waals surface area contributed by atoms with Gasteiger partial charge in [0.25, 0.3) is 0 Å². The second-order valence-electron chi connectivity index (χ2n) is 0.539. The van der Waals surface area contributed by atoms with Crippen molar-refractivity contribution in [2.45, 2.75) is 0 Å².